The molecule has 37 heavy (non-hydrogen) atoms. The SMILES string of the molecule is CC(=O)OC(CN(Cc1ccco1)S(=O)(=O)c1ccc(Cl)cc1)Cn1c2ccccc2c2ccccc21. The van der Waals surface area contributed by atoms with Crippen molar-refractivity contribution in [1.29, 1.82) is 0 Å². The van der Waals surface area contributed by atoms with Crippen molar-refractivity contribution in [2.75, 3.05) is 6.54 Å². The Kier molecular flexibility index (Phi) is 7.06. The summed E-state index contributed by atoms with van der Waals surface area (Å²) in [6.07, 6.45) is 0.720. The second kappa shape index (κ2) is 10.4. The third-order valence-electron chi connectivity index (χ3n) is 6.17. The lowest BCUT2D eigenvalue weighted by Gasteiger charge is -2.27. The van der Waals surface area contributed by atoms with Gasteiger partial charge in [0.2, 0.25) is 10.0 Å². The van der Waals surface area contributed by atoms with E-state index >= 15 is 0 Å². The highest BCUT2D eigenvalue weighted by atomic mass is 35.5. The number of hydrogen-bond acceptors (Lipinski definition) is 5. The van der Waals surface area contributed by atoms with Gasteiger partial charge in [0.05, 0.1) is 30.8 Å². The highest BCUT2D eigenvalue weighted by molar-refractivity contribution is 7.89. The van der Waals surface area contributed by atoms with Crippen molar-refractivity contribution in [3.63, 3.8) is 0 Å². The predicted molar refractivity (Wildman–Crippen MR) is 143 cm³/mol. The number of halogens is 1. The minimum atomic E-state index is -3.97. The summed E-state index contributed by atoms with van der Waals surface area (Å²) in [6, 6.07) is 25.3. The number of carbonyl (C=O) groups excluding carboxylic acids is 1. The first kappa shape index (κ1) is 25.1. The van der Waals surface area contributed by atoms with Crippen LogP contribution in [0.1, 0.15) is 12.7 Å². The van der Waals surface area contributed by atoms with Crippen LogP contribution in [0.15, 0.2) is 101 Å². The molecule has 190 valence electrons. The molecule has 5 aromatic rings. The lowest BCUT2D eigenvalue weighted by Crippen LogP contribution is -2.40. The zero-order valence-electron chi connectivity index (χ0n) is 20.1. The molecular formula is C28H25ClN2O5S. The zero-order valence-corrected chi connectivity index (χ0v) is 21.7. The van der Waals surface area contributed by atoms with Gasteiger partial charge in [-0.3, -0.25) is 4.79 Å². The van der Waals surface area contributed by atoms with Gasteiger partial charge in [-0.1, -0.05) is 48.0 Å². The molecule has 0 aliphatic carbocycles. The summed E-state index contributed by atoms with van der Waals surface area (Å²) in [7, 11) is -3.97. The van der Waals surface area contributed by atoms with Crippen molar-refractivity contribution in [1.82, 2.24) is 8.87 Å². The topological polar surface area (TPSA) is 81.8 Å². The van der Waals surface area contributed by atoms with E-state index in [1.54, 1.807) is 12.1 Å². The van der Waals surface area contributed by atoms with Crippen LogP contribution in [0.3, 0.4) is 0 Å². The van der Waals surface area contributed by atoms with Gasteiger partial charge in [0.25, 0.3) is 0 Å². The van der Waals surface area contributed by atoms with Crippen molar-refractivity contribution in [2.45, 2.75) is 31.0 Å². The average Bonchev–Trinajstić information content (AvgIpc) is 3.50. The minimum Gasteiger partial charge on any atom is -0.468 e. The van der Waals surface area contributed by atoms with Gasteiger partial charge >= 0.3 is 5.97 Å². The number of fused-ring (bicyclic) bond motifs is 3. The van der Waals surface area contributed by atoms with Crippen LogP contribution in [0.25, 0.3) is 21.8 Å². The number of nitrogens with zero attached hydrogens (tertiary/aromatic N) is 2. The van der Waals surface area contributed by atoms with E-state index in [9.17, 15) is 13.2 Å². The van der Waals surface area contributed by atoms with Crippen LogP contribution < -0.4 is 0 Å². The van der Waals surface area contributed by atoms with Gasteiger partial charge < -0.3 is 13.7 Å². The Bertz CT molecular complexity index is 1590. The fraction of sp³-hybridized carbons (Fsp3) is 0.179. The van der Waals surface area contributed by atoms with Crippen LogP contribution in [0.5, 0.6) is 0 Å². The van der Waals surface area contributed by atoms with E-state index in [1.165, 1.54) is 41.8 Å². The molecule has 0 spiro atoms. The molecule has 0 fully saturated rings. The number of benzene rings is 3. The Morgan fingerprint density at radius 1 is 0.946 bits per heavy atom. The first-order chi connectivity index (χ1) is 17.8. The third kappa shape index (κ3) is 5.27. The lowest BCUT2D eigenvalue weighted by atomic mass is 10.2. The normalized spacial score (nSPS) is 12.8. The van der Waals surface area contributed by atoms with E-state index in [0.717, 1.165) is 21.8 Å². The van der Waals surface area contributed by atoms with Crippen LogP contribution in [0.2, 0.25) is 5.02 Å². The number of rotatable bonds is 9. The zero-order chi connectivity index (χ0) is 26.0. The minimum absolute atomic E-state index is 0.0249. The molecule has 0 amide bonds. The second-order valence-corrected chi connectivity index (χ2v) is 11.1. The van der Waals surface area contributed by atoms with Crippen molar-refractivity contribution in [3.05, 3.63) is 102 Å². The number of furan rings is 1. The summed E-state index contributed by atoms with van der Waals surface area (Å²) in [4.78, 5) is 12.2. The summed E-state index contributed by atoms with van der Waals surface area (Å²) in [5, 5.41) is 2.57. The lowest BCUT2D eigenvalue weighted by molar-refractivity contribution is -0.147. The Hall–Kier alpha value is -3.59. The second-order valence-electron chi connectivity index (χ2n) is 8.71. The summed E-state index contributed by atoms with van der Waals surface area (Å²) in [5.41, 5.74) is 1.94. The van der Waals surface area contributed by atoms with E-state index in [0.29, 0.717) is 10.8 Å². The Morgan fingerprint density at radius 3 is 2.14 bits per heavy atom. The molecule has 0 N–H and O–H groups in total. The number of aromatic nitrogens is 1. The first-order valence-corrected chi connectivity index (χ1v) is 13.6. The fourth-order valence-electron chi connectivity index (χ4n) is 4.58. The van der Waals surface area contributed by atoms with Crippen LogP contribution in [0, 0.1) is 0 Å². The van der Waals surface area contributed by atoms with Crippen LogP contribution >= 0.6 is 11.6 Å². The van der Waals surface area contributed by atoms with Gasteiger partial charge in [-0.05, 0) is 48.5 Å². The maximum atomic E-state index is 13.7. The molecular weight excluding hydrogens is 512 g/mol. The van der Waals surface area contributed by atoms with Crippen molar-refractivity contribution in [3.8, 4) is 0 Å². The molecule has 5 rings (SSSR count). The third-order valence-corrected chi connectivity index (χ3v) is 8.25. The van der Waals surface area contributed by atoms with Crippen molar-refractivity contribution in [2.24, 2.45) is 0 Å². The van der Waals surface area contributed by atoms with E-state index in [2.05, 4.69) is 4.57 Å². The van der Waals surface area contributed by atoms with Crippen molar-refractivity contribution >= 4 is 49.4 Å². The Morgan fingerprint density at radius 2 is 1.57 bits per heavy atom. The Balaban J connectivity index is 1.54. The molecule has 2 aromatic heterocycles. The number of ether oxygens (including phenoxy) is 1. The largest absolute Gasteiger partial charge is 0.468 e. The quantitative estimate of drug-likeness (QED) is 0.220. The van der Waals surface area contributed by atoms with Crippen molar-refractivity contribution < 1.29 is 22.4 Å². The Labute approximate surface area is 219 Å². The van der Waals surface area contributed by atoms with Gasteiger partial charge in [0, 0.05) is 33.8 Å². The molecule has 3 aromatic carbocycles. The van der Waals surface area contributed by atoms with E-state index in [1.807, 2.05) is 48.5 Å². The maximum absolute atomic E-state index is 13.7. The van der Waals surface area contributed by atoms with Gasteiger partial charge in [-0.15, -0.1) is 0 Å². The number of esters is 1. The molecule has 0 saturated carbocycles. The number of hydrogen-bond donors (Lipinski definition) is 0. The summed E-state index contributed by atoms with van der Waals surface area (Å²) in [5.74, 6) is -0.0245. The smallest absolute Gasteiger partial charge is 0.303 e. The highest BCUT2D eigenvalue weighted by Crippen LogP contribution is 2.30. The number of para-hydroxylation sites is 2. The highest BCUT2D eigenvalue weighted by Gasteiger charge is 2.30. The summed E-state index contributed by atoms with van der Waals surface area (Å²) in [6.45, 7) is 1.48. The van der Waals surface area contributed by atoms with Crippen LogP contribution in [-0.4, -0.2) is 35.9 Å². The van der Waals surface area contributed by atoms with E-state index < -0.39 is 22.1 Å². The molecule has 1 atom stereocenters. The molecule has 7 nitrogen and oxygen atoms in total. The molecule has 1 unspecified atom stereocenters. The molecule has 0 saturated heterocycles. The van der Waals surface area contributed by atoms with Gasteiger partial charge in [-0.2, -0.15) is 4.31 Å². The fourth-order valence-corrected chi connectivity index (χ4v) is 6.14. The molecule has 0 aliphatic heterocycles. The molecule has 0 aliphatic rings. The maximum Gasteiger partial charge on any atom is 0.303 e. The standard InChI is InChI=1S/C28H25ClN2O5S/c1-20(32)36-23(19-31-27-10-4-2-8-25(27)26-9-3-5-11-28(26)31)18-30(17-22-7-6-16-35-22)37(33,34)24-14-12-21(29)13-15-24/h2-16,23H,17-19H2,1H3. The summed E-state index contributed by atoms with van der Waals surface area (Å²) < 4.78 is 41.9. The average molecular weight is 537 g/mol. The van der Waals surface area contributed by atoms with E-state index in [4.69, 9.17) is 20.8 Å². The molecule has 2 heterocycles. The van der Waals surface area contributed by atoms with Gasteiger partial charge in [0.1, 0.15) is 11.9 Å². The van der Waals surface area contributed by atoms with Crippen LogP contribution in [-0.2, 0) is 32.6 Å². The summed E-state index contributed by atoms with van der Waals surface area (Å²) >= 11 is 5.99. The van der Waals surface area contributed by atoms with Crippen LogP contribution in [0.4, 0.5) is 0 Å². The number of carbonyl (C=O) groups is 1. The predicted octanol–water partition coefficient (Wildman–Crippen LogP) is 5.86. The molecule has 0 bridgehead atoms. The van der Waals surface area contributed by atoms with E-state index in [-0.39, 0.29) is 24.5 Å². The molecule has 0 radical (unpaired) electrons. The first-order valence-electron chi connectivity index (χ1n) is 11.7. The monoisotopic (exact) mass is 536 g/mol. The number of sulfonamides is 1. The van der Waals surface area contributed by atoms with Gasteiger partial charge in [-0.25, -0.2) is 8.42 Å². The molecule has 9 heteroatoms. The van der Waals surface area contributed by atoms with Gasteiger partial charge in [0.15, 0.2) is 0 Å².